The van der Waals surface area contributed by atoms with Gasteiger partial charge < -0.3 is 15.4 Å². The van der Waals surface area contributed by atoms with Crippen LogP contribution in [0.25, 0.3) is 0 Å². The van der Waals surface area contributed by atoms with E-state index in [0.29, 0.717) is 25.5 Å². The van der Waals surface area contributed by atoms with Crippen LogP contribution >= 0.6 is 11.3 Å². The van der Waals surface area contributed by atoms with E-state index in [4.69, 9.17) is 10.5 Å². The lowest BCUT2D eigenvalue weighted by Crippen LogP contribution is -2.51. The summed E-state index contributed by atoms with van der Waals surface area (Å²) >= 11 is 1.56. The van der Waals surface area contributed by atoms with E-state index in [2.05, 4.69) is 11.9 Å². The lowest BCUT2D eigenvalue weighted by Gasteiger charge is -2.39. The molecule has 5 nitrogen and oxygen atoms in total. The predicted octanol–water partition coefficient (Wildman–Crippen LogP) is 2.37. The Kier molecular flexibility index (Phi) is 6.35. The fourth-order valence-corrected chi connectivity index (χ4v) is 3.91. The molecule has 2 heterocycles. The van der Waals surface area contributed by atoms with Gasteiger partial charge in [0.15, 0.2) is 0 Å². The molecule has 22 heavy (non-hydrogen) atoms. The summed E-state index contributed by atoms with van der Waals surface area (Å²) in [5.74, 6) is 0.620. The Morgan fingerprint density at radius 3 is 3.09 bits per heavy atom. The van der Waals surface area contributed by atoms with Crippen LogP contribution in [0.3, 0.4) is 0 Å². The van der Waals surface area contributed by atoms with Crippen molar-refractivity contribution in [3.05, 3.63) is 16.1 Å². The zero-order valence-electron chi connectivity index (χ0n) is 13.7. The molecule has 1 amide bonds. The Bertz CT molecular complexity index is 491. The van der Waals surface area contributed by atoms with Crippen molar-refractivity contribution in [3.8, 4) is 0 Å². The second-order valence-corrected chi connectivity index (χ2v) is 6.85. The van der Waals surface area contributed by atoms with Gasteiger partial charge in [0, 0.05) is 31.1 Å². The smallest absolute Gasteiger partial charge is 0.228 e. The number of amides is 1. The maximum Gasteiger partial charge on any atom is 0.228 e. The number of aromatic nitrogens is 1. The summed E-state index contributed by atoms with van der Waals surface area (Å²) in [6, 6.07) is 0.168. The first kappa shape index (κ1) is 17.4. The monoisotopic (exact) mass is 325 g/mol. The molecule has 0 spiro atoms. The van der Waals surface area contributed by atoms with E-state index < -0.39 is 0 Å². The molecule has 1 fully saturated rings. The minimum atomic E-state index is -0.00866. The number of hydrogen-bond acceptors (Lipinski definition) is 5. The van der Waals surface area contributed by atoms with Gasteiger partial charge in [-0.15, -0.1) is 11.3 Å². The first-order valence-electron chi connectivity index (χ1n) is 8.12. The highest BCUT2D eigenvalue weighted by atomic mass is 32.1. The topological polar surface area (TPSA) is 68.5 Å². The maximum atomic E-state index is 12.6. The second kappa shape index (κ2) is 8.04. The van der Waals surface area contributed by atoms with Gasteiger partial charge in [0.1, 0.15) is 11.1 Å². The van der Waals surface area contributed by atoms with E-state index in [1.54, 1.807) is 11.3 Å². The van der Waals surface area contributed by atoms with E-state index in [1.807, 2.05) is 24.1 Å². The Balaban J connectivity index is 1.99. The van der Waals surface area contributed by atoms with Gasteiger partial charge in [0.2, 0.25) is 5.91 Å². The van der Waals surface area contributed by atoms with Gasteiger partial charge in [-0.3, -0.25) is 4.79 Å². The number of hydrogen-bond donors (Lipinski definition) is 1. The zero-order chi connectivity index (χ0) is 16.1. The van der Waals surface area contributed by atoms with Crippen molar-refractivity contribution in [2.75, 3.05) is 19.7 Å². The van der Waals surface area contributed by atoms with Crippen molar-refractivity contribution < 1.29 is 9.53 Å². The summed E-state index contributed by atoms with van der Waals surface area (Å²) in [6.07, 6.45) is 2.56. The van der Waals surface area contributed by atoms with Gasteiger partial charge >= 0.3 is 0 Å². The van der Waals surface area contributed by atoms with Crippen molar-refractivity contribution in [1.82, 2.24) is 9.88 Å². The third kappa shape index (κ3) is 4.06. The summed E-state index contributed by atoms with van der Waals surface area (Å²) in [5.41, 5.74) is 6.71. The fraction of sp³-hybridized carbons (Fsp3) is 0.750. The van der Waals surface area contributed by atoms with Crippen molar-refractivity contribution >= 4 is 17.2 Å². The summed E-state index contributed by atoms with van der Waals surface area (Å²) in [6.45, 7) is 8.16. The highest BCUT2D eigenvalue weighted by molar-refractivity contribution is 7.09. The van der Waals surface area contributed by atoms with Crippen LogP contribution in [-0.2, 0) is 16.0 Å². The zero-order valence-corrected chi connectivity index (χ0v) is 14.6. The number of nitrogens with two attached hydrogens (primary N) is 1. The summed E-state index contributed by atoms with van der Waals surface area (Å²) in [4.78, 5) is 19.1. The first-order valence-corrected chi connectivity index (χ1v) is 9.00. The van der Waals surface area contributed by atoms with Gasteiger partial charge in [0.25, 0.3) is 0 Å². The normalized spacial score (nSPS) is 23.5. The number of nitrogens with zero attached hydrogens (tertiary/aromatic N) is 2. The van der Waals surface area contributed by atoms with Gasteiger partial charge in [-0.1, -0.05) is 6.92 Å². The number of rotatable bonds is 6. The van der Waals surface area contributed by atoms with E-state index in [1.165, 1.54) is 0 Å². The number of thiazole rings is 1. The molecule has 0 aromatic carbocycles. The lowest BCUT2D eigenvalue weighted by atomic mass is 9.90. The molecule has 1 aromatic rings. The Labute approximate surface area is 136 Å². The van der Waals surface area contributed by atoms with E-state index in [0.717, 1.165) is 30.1 Å². The minimum absolute atomic E-state index is 0.00866. The summed E-state index contributed by atoms with van der Waals surface area (Å²) < 4.78 is 5.55. The van der Waals surface area contributed by atoms with Gasteiger partial charge in [-0.05, 0) is 32.6 Å². The van der Waals surface area contributed by atoms with Crippen molar-refractivity contribution in [1.29, 1.82) is 0 Å². The van der Waals surface area contributed by atoms with Crippen LogP contribution in [0, 0.1) is 5.92 Å². The van der Waals surface area contributed by atoms with Crippen LogP contribution in [0.5, 0.6) is 0 Å². The van der Waals surface area contributed by atoms with Crippen LogP contribution in [0.15, 0.2) is 5.38 Å². The molecule has 0 radical (unpaired) electrons. The average Bonchev–Trinajstić information content (AvgIpc) is 2.95. The Morgan fingerprint density at radius 2 is 2.41 bits per heavy atom. The van der Waals surface area contributed by atoms with Crippen LogP contribution < -0.4 is 5.73 Å². The summed E-state index contributed by atoms with van der Waals surface area (Å²) in [5, 5.41) is 2.90. The van der Waals surface area contributed by atoms with Crippen molar-refractivity contribution in [2.45, 2.75) is 52.2 Å². The number of likely N-dealkylation sites (tertiary alicyclic amines) is 1. The molecule has 0 unspecified atom stereocenters. The van der Waals surface area contributed by atoms with Crippen LogP contribution in [-0.4, -0.2) is 41.5 Å². The fourth-order valence-electron chi connectivity index (χ4n) is 3.09. The Morgan fingerprint density at radius 1 is 1.64 bits per heavy atom. The third-order valence-corrected chi connectivity index (χ3v) is 5.40. The number of carbonyl (C=O) groups excluding carboxylic acids is 1. The van der Waals surface area contributed by atoms with Crippen LogP contribution in [0.4, 0.5) is 0 Å². The predicted molar refractivity (Wildman–Crippen MR) is 88.8 cm³/mol. The third-order valence-electron chi connectivity index (χ3n) is 4.34. The molecule has 1 aliphatic heterocycles. The second-order valence-electron chi connectivity index (χ2n) is 5.96. The maximum absolute atomic E-state index is 12.6. The van der Waals surface area contributed by atoms with Crippen LogP contribution in [0.1, 0.15) is 50.4 Å². The highest BCUT2D eigenvalue weighted by Crippen LogP contribution is 2.25. The molecule has 3 atom stereocenters. The Hall–Kier alpha value is -0.980. The molecule has 0 saturated carbocycles. The molecular weight excluding hydrogens is 298 g/mol. The average molecular weight is 325 g/mol. The van der Waals surface area contributed by atoms with Gasteiger partial charge in [0.05, 0.1) is 12.1 Å². The lowest BCUT2D eigenvalue weighted by molar-refractivity contribution is -0.135. The molecular formula is C16H27N3O2S. The molecule has 6 heteroatoms. The molecule has 2 N–H and O–H groups in total. The highest BCUT2D eigenvalue weighted by Gasteiger charge is 2.30. The number of ether oxygens (including phenoxy) is 1. The number of piperidine rings is 1. The molecule has 1 aliphatic rings. The molecule has 1 saturated heterocycles. The van der Waals surface area contributed by atoms with Gasteiger partial charge in [-0.25, -0.2) is 4.98 Å². The van der Waals surface area contributed by atoms with Crippen LogP contribution in [0.2, 0.25) is 0 Å². The van der Waals surface area contributed by atoms with E-state index in [9.17, 15) is 4.79 Å². The largest absolute Gasteiger partial charge is 0.372 e. The molecule has 0 bridgehead atoms. The van der Waals surface area contributed by atoms with Crippen molar-refractivity contribution in [2.24, 2.45) is 11.7 Å². The first-order chi connectivity index (χ1) is 10.6. The van der Waals surface area contributed by atoms with Gasteiger partial charge in [-0.2, -0.15) is 0 Å². The summed E-state index contributed by atoms with van der Waals surface area (Å²) in [7, 11) is 0. The standard InChI is InChI=1S/C16H27N3O2S/c1-4-21-12(3)16-18-13(10-22-16)8-15(20)19-7-5-6-11(2)14(19)9-17/h10-12,14H,4-9,17H2,1-3H3/t11-,12-,14-/m1/s1. The molecule has 2 rings (SSSR count). The molecule has 0 aliphatic carbocycles. The quantitative estimate of drug-likeness (QED) is 0.872. The van der Waals surface area contributed by atoms with E-state index >= 15 is 0 Å². The molecule has 124 valence electrons. The molecule has 1 aromatic heterocycles. The van der Waals surface area contributed by atoms with Crippen molar-refractivity contribution in [3.63, 3.8) is 0 Å². The SMILES string of the molecule is CCO[C@H](C)c1nc(CC(=O)N2CCC[C@@H](C)[C@H]2CN)cs1. The minimum Gasteiger partial charge on any atom is -0.372 e. The van der Waals surface area contributed by atoms with E-state index in [-0.39, 0.29) is 18.1 Å². The number of carbonyl (C=O) groups is 1.